The predicted octanol–water partition coefficient (Wildman–Crippen LogP) is 7.53. The first kappa shape index (κ1) is 30.4. The van der Waals surface area contributed by atoms with E-state index in [1.807, 2.05) is 10.6 Å². The zero-order chi connectivity index (χ0) is 32.7. The van der Waals surface area contributed by atoms with E-state index in [1.54, 1.807) is 18.2 Å². The number of hydrogen-bond donors (Lipinski definition) is 1. The van der Waals surface area contributed by atoms with Gasteiger partial charge in [0.25, 0.3) is 0 Å². The van der Waals surface area contributed by atoms with Gasteiger partial charge in [-0.2, -0.15) is 5.26 Å². The first-order valence-electron chi connectivity index (χ1n) is 15.4. The number of aromatic nitrogens is 3. The van der Waals surface area contributed by atoms with E-state index in [0.717, 1.165) is 50.3 Å². The molecule has 1 aliphatic heterocycles. The number of nitriles is 1. The predicted molar refractivity (Wildman–Crippen MR) is 165 cm³/mol. The first-order chi connectivity index (χ1) is 22.7. The Morgan fingerprint density at radius 1 is 1.00 bits per heavy atom. The second-order valence-corrected chi connectivity index (χ2v) is 12.0. The molecular formula is C36H29F3N4O4. The van der Waals surface area contributed by atoms with Crippen LogP contribution in [0.15, 0.2) is 66.7 Å². The van der Waals surface area contributed by atoms with Gasteiger partial charge in [-0.1, -0.05) is 12.1 Å². The van der Waals surface area contributed by atoms with Crippen molar-refractivity contribution in [3.63, 3.8) is 0 Å². The third-order valence-electron chi connectivity index (χ3n) is 9.18. The summed E-state index contributed by atoms with van der Waals surface area (Å²) in [7, 11) is 0. The molecule has 0 amide bonds. The Kier molecular flexibility index (Phi) is 7.90. The quantitative estimate of drug-likeness (QED) is 0.187. The summed E-state index contributed by atoms with van der Waals surface area (Å²) in [5, 5.41) is 18.6. The monoisotopic (exact) mass is 638 g/mol. The summed E-state index contributed by atoms with van der Waals surface area (Å²) in [5.41, 5.74) is 1.45. The summed E-state index contributed by atoms with van der Waals surface area (Å²) >= 11 is 0. The lowest BCUT2D eigenvalue weighted by Crippen LogP contribution is -2.35. The van der Waals surface area contributed by atoms with Gasteiger partial charge >= 0.3 is 5.97 Å². The number of pyridine rings is 1. The number of nitrogens with zero attached hydrogens (tertiary/aromatic N) is 4. The summed E-state index contributed by atoms with van der Waals surface area (Å²) in [6.45, 7) is 0.471. The number of fused-ring (bicyclic) bond motifs is 1. The molecule has 238 valence electrons. The molecule has 0 radical (unpaired) electrons. The van der Waals surface area contributed by atoms with Crippen molar-refractivity contribution >= 4 is 17.0 Å². The van der Waals surface area contributed by atoms with Gasteiger partial charge in [0.1, 0.15) is 29.9 Å². The fourth-order valence-corrected chi connectivity index (χ4v) is 6.94. The standard InChI is InChI=1S/C36H29F3N4O4/c37-26-14-21(19-40)7-8-23(26)20-46-34-6-1-4-29(42-34)25-18-27(38)24(15-28(25)39)17-33-41-30-10-9-22(35(44)45)16-31(30)43(33)32-5-2-11-36(32)12-3-13-47-36/h1,4,6-10,14-16,18,32H,2-3,5,11-13,17,20H2,(H,44,45)/t32-,36+/m0/s1. The number of ether oxygens (including phenoxy) is 2. The van der Waals surface area contributed by atoms with Crippen molar-refractivity contribution in [3.8, 4) is 23.2 Å². The summed E-state index contributed by atoms with van der Waals surface area (Å²) in [6.07, 6.45) is 4.36. The van der Waals surface area contributed by atoms with E-state index in [4.69, 9.17) is 19.7 Å². The molecule has 2 fully saturated rings. The average Bonchev–Trinajstić information content (AvgIpc) is 3.80. The summed E-state index contributed by atoms with van der Waals surface area (Å²) in [6, 6.07) is 17.3. The number of carboxylic acid groups (broad SMARTS) is 1. The molecule has 3 heterocycles. The van der Waals surface area contributed by atoms with Crippen LogP contribution in [0.25, 0.3) is 22.3 Å². The van der Waals surface area contributed by atoms with Gasteiger partial charge in [-0.3, -0.25) is 0 Å². The lowest BCUT2D eigenvalue weighted by molar-refractivity contribution is -0.0212. The minimum absolute atomic E-state index is 0.0283. The largest absolute Gasteiger partial charge is 0.478 e. The van der Waals surface area contributed by atoms with Crippen molar-refractivity contribution in [2.45, 2.75) is 56.8 Å². The Balaban J connectivity index is 1.19. The molecule has 1 N–H and O–H groups in total. The molecule has 1 saturated carbocycles. The molecule has 0 bridgehead atoms. The van der Waals surface area contributed by atoms with Gasteiger partial charge < -0.3 is 19.1 Å². The Morgan fingerprint density at radius 3 is 2.60 bits per heavy atom. The minimum atomic E-state index is -1.06. The molecule has 5 aromatic rings. The topological polar surface area (TPSA) is 110 Å². The smallest absolute Gasteiger partial charge is 0.335 e. The Bertz CT molecular complexity index is 2060. The molecule has 47 heavy (non-hydrogen) atoms. The lowest BCUT2D eigenvalue weighted by Gasteiger charge is -2.33. The summed E-state index contributed by atoms with van der Waals surface area (Å²) < 4.78 is 59.7. The number of halogens is 3. The number of imidazole rings is 1. The zero-order valence-electron chi connectivity index (χ0n) is 25.2. The zero-order valence-corrected chi connectivity index (χ0v) is 25.2. The first-order valence-corrected chi connectivity index (χ1v) is 15.4. The van der Waals surface area contributed by atoms with Gasteiger partial charge in [0.15, 0.2) is 0 Å². The molecule has 7 rings (SSSR count). The average molecular weight is 639 g/mol. The second-order valence-electron chi connectivity index (χ2n) is 12.0. The van der Waals surface area contributed by atoms with E-state index in [2.05, 4.69) is 4.98 Å². The van der Waals surface area contributed by atoms with Crippen molar-refractivity contribution in [1.29, 1.82) is 5.26 Å². The van der Waals surface area contributed by atoms with Crippen LogP contribution in [0.2, 0.25) is 0 Å². The number of aromatic carboxylic acids is 1. The van der Waals surface area contributed by atoms with Crippen LogP contribution in [0.5, 0.6) is 5.88 Å². The highest BCUT2D eigenvalue weighted by atomic mass is 19.1. The molecule has 8 nitrogen and oxygen atoms in total. The number of rotatable bonds is 8. The third kappa shape index (κ3) is 5.70. The molecule has 1 aliphatic carbocycles. The van der Waals surface area contributed by atoms with E-state index in [9.17, 15) is 14.3 Å². The van der Waals surface area contributed by atoms with Gasteiger partial charge in [-0.15, -0.1) is 0 Å². The van der Waals surface area contributed by atoms with Crippen LogP contribution in [0.1, 0.15) is 71.0 Å². The number of hydrogen-bond acceptors (Lipinski definition) is 6. The molecule has 2 aromatic heterocycles. The maximum absolute atomic E-state index is 15.8. The number of carboxylic acids is 1. The molecule has 3 aromatic carbocycles. The van der Waals surface area contributed by atoms with Gasteiger partial charge in [-0.05, 0) is 86.2 Å². The van der Waals surface area contributed by atoms with Gasteiger partial charge in [0.05, 0.1) is 45.6 Å². The van der Waals surface area contributed by atoms with Gasteiger partial charge in [0.2, 0.25) is 5.88 Å². The summed E-state index contributed by atoms with van der Waals surface area (Å²) in [5.74, 6) is -2.43. The molecule has 0 unspecified atom stereocenters. The van der Waals surface area contributed by atoms with Gasteiger partial charge in [0, 0.05) is 30.2 Å². The SMILES string of the molecule is N#Cc1ccc(COc2cccc(-c3cc(F)c(Cc4nc5ccc(C(=O)O)cc5n4[C@H]4CCC[C@@]45CCCO5)cc3F)n2)c(F)c1. The van der Waals surface area contributed by atoms with E-state index >= 15 is 8.78 Å². The fraction of sp³-hybridized carbons (Fsp3) is 0.278. The van der Waals surface area contributed by atoms with Crippen LogP contribution in [-0.4, -0.2) is 37.8 Å². The molecule has 11 heteroatoms. The highest BCUT2D eigenvalue weighted by molar-refractivity contribution is 5.92. The summed E-state index contributed by atoms with van der Waals surface area (Å²) in [4.78, 5) is 20.9. The molecule has 1 saturated heterocycles. The van der Waals surface area contributed by atoms with Crippen LogP contribution in [0.3, 0.4) is 0 Å². The van der Waals surface area contributed by atoms with Crippen molar-refractivity contribution in [1.82, 2.24) is 14.5 Å². The Hall–Kier alpha value is -5.21. The normalized spacial score (nSPS) is 19.0. The number of carbonyl (C=O) groups is 1. The fourth-order valence-electron chi connectivity index (χ4n) is 6.94. The highest BCUT2D eigenvalue weighted by Gasteiger charge is 2.48. The van der Waals surface area contributed by atoms with E-state index < -0.39 is 29.0 Å². The molecule has 2 atom stereocenters. The Labute approximate surface area is 268 Å². The number of benzene rings is 3. The van der Waals surface area contributed by atoms with Crippen LogP contribution in [-0.2, 0) is 17.8 Å². The lowest BCUT2D eigenvalue weighted by atomic mass is 9.93. The van der Waals surface area contributed by atoms with Crippen molar-refractivity contribution in [3.05, 3.63) is 112 Å². The Morgan fingerprint density at radius 2 is 1.83 bits per heavy atom. The van der Waals surface area contributed by atoms with Crippen molar-refractivity contribution in [2.24, 2.45) is 0 Å². The van der Waals surface area contributed by atoms with E-state index in [0.29, 0.717) is 23.5 Å². The van der Waals surface area contributed by atoms with E-state index in [1.165, 1.54) is 30.3 Å². The van der Waals surface area contributed by atoms with E-state index in [-0.39, 0.29) is 58.5 Å². The van der Waals surface area contributed by atoms with Crippen LogP contribution in [0.4, 0.5) is 13.2 Å². The van der Waals surface area contributed by atoms with Gasteiger partial charge in [-0.25, -0.2) is 27.9 Å². The molecule has 1 spiro atoms. The van der Waals surface area contributed by atoms with Crippen LogP contribution in [0, 0.1) is 28.8 Å². The molecular weight excluding hydrogens is 609 g/mol. The van der Waals surface area contributed by atoms with Crippen molar-refractivity contribution < 1.29 is 32.5 Å². The molecule has 2 aliphatic rings. The maximum Gasteiger partial charge on any atom is 0.335 e. The minimum Gasteiger partial charge on any atom is -0.478 e. The maximum atomic E-state index is 15.8. The second kappa shape index (κ2) is 12.2. The highest BCUT2D eigenvalue weighted by Crippen LogP contribution is 2.49. The van der Waals surface area contributed by atoms with Crippen LogP contribution < -0.4 is 4.74 Å². The van der Waals surface area contributed by atoms with Crippen LogP contribution >= 0.6 is 0 Å². The van der Waals surface area contributed by atoms with Crippen molar-refractivity contribution in [2.75, 3.05) is 6.61 Å². The third-order valence-corrected chi connectivity index (χ3v) is 9.18.